The van der Waals surface area contributed by atoms with Gasteiger partial charge in [0.05, 0.1) is 12.6 Å². The van der Waals surface area contributed by atoms with Gasteiger partial charge in [0.25, 0.3) is 5.91 Å². The Morgan fingerprint density at radius 3 is 2.30 bits per heavy atom. The first-order chi connectivity index (χ1) is 12.9. The summed E-state index contributed by atoms with van der Waals surface area (Å²) < 4.78 is 29.8. The Bertz CT molecular complexity index is 944. The van der Waals surface area contributed by atoms with Gasteiger partial charge >= 0.3 is 0 Å². The summed E-state index contributed by atoms with van der Waals surface area (Å²) in [4.78, 5) is 12.9. The van der Waals surface area contributed by atoms with E-state index >= 15 is 0 Å². The minimum atomic E-state index is -0.621. The van der Waals surface area contributed by atoms with E-state index in [1.165, 1.54) is 18.2 Å². The second-order valence-electron chi connectivity index (χ2n) is 6.71. The number of hydrogen-bond donors (Lipinski definition) is 1. The molecule has 0 saturated carbocycles. The summed E-state index contributed by atoms with van der Waals surface area (Å²) in [6.45, 7) is 5.51. The van der Waals surface area contributed by atoms with Gasteiger partial charge in [-0.05, 0) is 50.1 Å². The van der Waals surface area contributed by atoms with Crippen LogP contribution in [0.1, 0.15) is 45.8 Å². The van der Waals surface area contributed by atoms with Gasteiger partial charge in [0, 0.05) is 11.3 Å². The number of halogens is 2. The Morgan fingerprint density at radius 2 is 1.67 bits per heavy atom. The third kappa shape index (κ3) is 3.92. The first-order valence-corrected chi connectivity index (χ1v) is 8.84. The molecule has 3 nitrogen and oxygen atoms in total. The van der Waals surface area contributed by atoms with E-state index in [-0.39, 0.29) is 24.1 Å². The van der Waals surface area contributed by atoms with Crippen LogP contribution in [0.15, 0.2) is 54.6 Å². The Hall–Kier alpha value is -2.95. The van der Waals surface area contributed by atoms with Crippen molar-refractivity contribution in [1.82, 2.24) is 9.88 Å². The summed E-state index contributed by atoms with van der Waals surface area (Å²) in [6.07, 6.45) is 0. The smallest absolute Gasteiger partial charge is 0.268 e. The lowest BCUT2D eigenvalue weighted by Crippen LogP contribution is -2.29. The number of benzene rings is 2. The van der Waals surface area contributed by atoms with E-state index in [0.717, 1.165) is 16.8 Å². The maximum absolute atomic E-state index is 14.1. The molecule has 0 aliphatic rings. The van der Waals surface area contributed by atoms with Crippen molar-refractivity contribution in [2.45, 2.75) is 33.4 Å². The minimum Gasteiger partial charge on any atom is -0.344 e. The number of aromatic nitrogens is 1. The number of aryl methyl sites for hydroxylation is 2. The van der Waals surface area contributed by atoms with E-state index in [9.17, 15) is 13.6 Å². The third-order valence-corrected chi connectivity index (χ3v) is 4.73. The Labute approximate surface area is 157 Å². The molecule has 1 heterocycles. The average molecular weight is 368 g/mol. The number of carbonyl (C=O) groups excluding carboxylic acids is 1. The van der Waals surface area contributed by atoms with Gasteiger partial charge in [-0.1, -0.05) is 36.4 Å². The van der Waals surface area contributed by atoms with Crippen LogP contribution in [-0.2, 0) is 6.54 Å². The number of rotatable bonds is 5. The topological polar surface area (TPSA) is 34.0 Å². The molecule has 0 saturated heterocycles. The molecule has 1 aromatic heterocycles. The molecule has 1 atom stereocenters. The molecule has 3 aromatic rings. The van der Waals surface area contributed by atoms with Crippen LogP contribution in [0.5, 0.6) is 0 Å². The minimum absolute atomic E-state index is 0.0410. The van der Waals surface area contributed by atoms with Gasteiger partial charge in [0.15, 0.2) is 0 Å². The summed E-state index contributed by atoms with van der Waals surface area (Å²) >= 11 is 0. The second kappa shape index (κ2) is 7.74. The summed E-state index contributed by atoms with van der Waals surface area (Å²) in [6, 6.07) is 15.1. The molecule has 0 aliphatic heterocycles. The van der Waals surface area contributed by atoms with Crippen LogP contribution in [0.3, 0.4) is 0 Å². The summed E-state index contributed by atoms with van der Waals surface area (Å²) in [5, 5.41) is 2.97. The van der Waals surface area contributed by atoms with Crippen molar-refractivity contribution in [2.75, 3.05) is 0 Å². The highest BCUT2D eigenvalue weighted by Crippen LogP contribution is 2.21. The number of nitrogens with one attached hydrogen (secondary N) is 1. The van der Waals surface area contributed by atoms with E-state index in [4.69, 9.17) is 0 Å². The molecule has 0 aliphatic carbocycles. The maximum Gasteiger partial charge on any atom is 0.268 e. The van der Waals surface area contributed by atoms with E-state index in [1.54, 1.807) is 4.57 Å². The van der Waals surface area contributed by atoms with Crippen molar-refractivity contribution in [2.24, 2.45) is 0 Å². The average Bonchev–Trinajstić information content (AvgIpc) is 2.92. The molecule has 2 aromatic carbocycles. The molecule has 27 heavy (non-hydrogen) atoms. The van der Waals surface area contributed by atoms with Crippen LogP contribution >= 0.6 is 0 Å². The van der Waals surface area contributed by atoms with Crippen molar-refractivity contribution in [1.29, 1.82) is 0 Å². The molecule has 0 bridgehead atoms. The molecule has 0 spiro atoms. The van der Waals surface area contributed by atoms with E-state index in [2.05, 4.69) is 5.32 Å². The van der Waals surface area contributed by atoms with Crippen molar-refractivity contribution in [3.8, 4) is 0 Å². The Kier molecular flexibility index (Phi) is 5.40. The fourth-order valence-electron chi connectivity index (χ4n) is 3.29. The molecule has 5 heteroatoms. The van der Waals surface area contributed by atoms with Gasteiger partial charge in [-0.25, -0.2) is 8.78 Å². The fraction of sp³-hybridized carbons (Fsp3) is 0.227. The van der Waals surface area contributed by atoms with Gasteiger partial charge in [-0.3, -0.25) is 4.79 Å². The lowest BCUT2D eigenvalue weighted by molar-refractivity contribution is 0.0930. The van der Waals surface area contributed by atoms with Crippen LogP contribution in [0.25, 0.3) is 0 Å². The van der Waals surface area contributed by atoms with Gasteiger partial charge in [0.1, 0.15) is 17.3 Å². The van der Waals surface area contributed by atoms with Crippen LogP contribution in [0.2, 0.25) is 0 Å². The van der Waals surface area contributed by atoms with Crippen molar-refractivity contribution < 1.29 is 13.6 Å². The van der Waals surface area contributed by atoms with E-state index in [1.807, 2.05) is 57.2 Å². The molecular formula is C22H22F2N2O. The second-order valence-corrected chi connectivity index (χ2v) is 6.71. The van der Waals surface area contributed by atoms with Crippen LogP contribution in [0, 0.1) is 25.5 Å². The molecule has 0 radical (unpaired) electrons. The zero-order chi connectivity index (χ0) is 19.6. The number of hydrogen-bond acceptors (Lipinski definition) is 1. The standard InChI is InChI=1S/C22H22F2N2O/c1-14-12-15(2)26(13-18-19(23)10-7-11-20(18)24)21(14)22(27)25-16(3)17-8-5-4-6-9-17/h4-12,16H,13H2,1-3H3,(H,25,27). The van der Waals surface area contributed by atoms with Gasteiger partial charge in [-0.2, -0.15) is 0 Å². The van der Waals surface area contributed by atoms with Crippen molar-refractivity contribution >= 4 is 5.91 Å². The monoisotopic (exact) mass is 368 g/mol. The highest BCUT2D eigenvalue weighted by atomic mass is 19.1. The van der Waals surface area contributed by atoms with Crippen molar-refractivity contribution in [3.05, 3.63) is 94.3 Å². The predicted octanol–water partition coefficient (Wildman–Crippen LogP) is 4.92. The quantitative estimate of drug-likeness (QED) is 0.681. The fourth-order valence-corrected chi connectivity index (χ4v) is 3.29. The molecule has 3 rings (SSSR count). The van der Waals surface area contributed by atoms with Crippen molar-refractivity contribution in [3.63, 3.8) is 0 Å². The third-order valence-electron chi connectivity index (χ3n) is 4.73. The first kappa shape index (κ1) is 18.8. The van der Waals surface area contributed by atoms with Gasteiger partial charge in [0.2, 0.25) is 0 Å². The largest absolute Gasteiger partial charge is 0.344 e. The molecule has 1 unspecified atom stereocenters. The van der Waals surface area contributed by atoms with Crippen LogP contribution < -0.4 is 5.32 Å². The van der Waals surface area contributed by atoms with Crippen LogP contribution in [0.4, 0.5) is 8.78 Å². The molecule has 1 amide bonds. The van der Waals surface area contributed by atoms with E-state index in [0.29, 0.717) is 5.69 Å². The first-order valence-electron chi connectivity index (χ1n) is 8.84. The Balaban J connectivity index is 1.91. The summed E-state index contributed by atoms with van der Waals surface area (Å²) in [5.74, 6) is -1.51. The summed E-state index contributed by atoms with van der Waals surface area (Å²) in [5.41, 5.74) is 2.88. The number of amides is 1. The lowest BCUT2D eigenvalue weighted by Gasteiger charge is -2.17. The molecule has 1 N–H and O–H groups in total. The van der Waals surface area contributed by atoms with Gasteiger partial charge < -0.3 is 9.88 Å². The Morgan fingerprint density at radius 1 is 1.04 bits per heavy atom. The molecular weight excluding hydrogens is 346 g/mol. The highest BCUT2D eigenvalue weighted by Gasteiger charge is 2.21. The van der Waals surface area contributed by atoms with Crippen LogP contribution in [-0.4, -0.2) is 10.5 Å². The predicted molar refractivity (Wildman–Crippen MR) is 102 cm³/mol. The zero-order valence-electron chi connectivity index (χ0n) is 15.6. The number of nitrogens with zero attached hydrogens (tertiary/aromatic N) is 1. The van der Waals surface area contributed by atoms with E-state index < -0.39 is 11.6 Å². The highest BCUT2D eigenvalue weighted by molar-refractivity contribution is 5.94. The molecule has 140 valence electrons. The maximum atomic E-state index is 14.1. The zero-order valence-corrected chi connectivity index (χ0v) is 15.6. The number of carbonyl (C=O) groups is 1. The SMILES string of the molecule is Cc1cc(C)n(Cc2c(F)cccc2F)c1C(=O)NC(C)c1ccccc1. The van der Waals surface area contributed by atoms with Gasteiger partial charge in [-0.15, -0.1) is 0 Å². The lowest BCUT2D eigenvalue weighted by atomic mass is 10.1. The normalized spacial score (nSPS) is 12.0. The summed E-state index contributed by atoms with van der Waals surface area (Å²) in [7, 11) is 0. The molecule has 0 fully saturated rings.